The van der Waals surface area contributed by atoms with Crippen molar-refractivity contribution in [1.82, 2.24) is 0 Å². The van der Waals surface area contributed by atoms with Crippen LogP contribution in [0.4, 0.5) is 0 Å². The third-order valence-electron chi connectivity index (χ3n) is 2.90. The van der Waals surface area contributed by atoms with E-state index in [1.807, 2.05) is 0 Å². The van der Waals surface area contributed by atoms with Gasteiger partial charge < -0.3 is 11.5 Å². The maximum absolute atomic E-state index is 5.84. The Balaban J connectivity index is 2.33. The monoisotopic (exact) mass is 156 g/mol. The van der Waals surface area contributed by atoms with Crippen LogP contribution in [-0.4, -0.2) is 12.6 Å². The van der Waals surface area contributed by atoms with Crippen molar-refractivity contribution in [2.45, 2.75) is 38.6 Å². The van der Waals surface area contributed by atoms with Crippen LogP contribution in [0.15, 0.2) is 0 Å². The molecule has 1 aliphatic carbocycles. The van der Waals surface area contributed by atoms with Gasteiger partial charge >= 0.3 is 0 Å². The van der Waals surface area contributed by atoms with Crippen molar-refractivity contribution in [2.24, 2.45) is 23.3 Å². The molecule has 1 saturated carbocycles. The summed E-state index contributed by atoms with van der Waals surface area (Å²) in [6.45, 7) is 2.97. The Hall–Kier alpha value is -0.0800. The Labute approximate surface area is 69.3 Å². The van der Waals surface area contributed by atoms with Crippen LogP contribution < -0.4 is 11.5 Å². The van der Waals surface area contributed by atoms with Crippen LogP contribution in [-0.2, 0) is 0 Å². The molecule has 1 unspecified atom stereocenters. The molecule has 0 bridgehead atoms. The summed E-state index contributed by atoms with van der Waals surface area (Å²) in [6.07, 6.45) is 5.22. The molecule has 1 rings (SSSR count). The Kier molecular flexibility index (Phi) is 3.34. The normalized spacial score (nSPS) is 35.2. The molecule has 4 N–H and O–H groups in total. The van der Waals surface area contributed by atoms with Crippen LogP contribution >= 0.6 is 0 Å². The highest BCUT2D eigenvalue weighted by atomic mass is 14.6. The van der Waals surface area contributed by atoms with Gasteiger partial charge in [-0.3, -0.25) is 0 Å². The van der Waals surface area contributed by atoms with Crippen LogP contribution in [0.25, 0.3) is 0 Å². The second-order valence-electron chi connectivity index (χ2n) is 3.89. The SMILES string of the molecule is CC(N)[C@@H]1CCC[C@H](CN)C1. The highest BCUT2D eigenvalue weighted by Gasteiger charge is 2.22. The summed E-state index contributed by atoms with van der Waals surface area (Å²) in [4.78, 5) is 0. The minimum absolute atomic E-state index is 0.365. The lowest BCUT2D eigenvalue weighted by Gasteiger charge is -2.30. The maximum atomic E-state index is 5.84. The van der Waals surface area contributed by atoms with Crippen LogP contribution in [0.5, 0.6) is 0 Å². The van der Waals surface area contributed by atoms with E-state index >= 15 is 0 Å². The molecule has 0 aromatic rings. The predicted molar refractivity (Wildman–Crippen MR) is 48.2 cm³/mol. The van der Waals surface area contributed by atoms with Gasteiger partial charge in [-0.05, 0) is 44.6 Å². The second kappa shape index (κ2) is 4.07. The first-order valence-corrected chi connectivity index (χ1v) is 4.69. The van der Waals surface area contributed by atoms with Gasteiger partial charge in [-0.2, -0.15) is 0 Å². The molecule has 0 amide bonds. The lowest BCUT2D eigenvalue weighted by molar-refractivity contribution is 0.245. The van der Waals surface area contributed by atoms with E-state index in [0.717, 1.165) is 18.4 Å². The largest absolute Gasteiger partial charge is 0.330 e. The average molecular weight is 156 g/mol. The summed E-state index contributed by atoms with van der Waals surface area (Å²) in [5, 5.41) is 0. The van der Waals surface area contributed by atoms with Gasteiger partial charge in [0.05, 0.1) is 0 Å². The van der Waals surface area contributed by atoms with Crippen LogP contribution in [0.3, 0.4) is 0 Å². The number of rotatable bonds is 2. The van der Waals surface area contributed by atoms with Gasteiger partial charge in [0.2, 0.25) is 0 Å². The molecule has 66 valence electrons. The van der Waals surface area contributed by atoms with E-state index in [2.05, 4.69) is 6.92 Å². The van der Waals surface area contributed by atoms with Gasteiger partial charge in [-0.15, -0.1) is 0 Å². The van der Waals surface area contributed by atoms with E-state index in [4.69, 9.17) is 11.5 Å². The highest BCUT2D eigenvalue weighted by Crippen LogP contribution is 2.29. The second-order valence-corrected chi connectivity index (χ2v) is 3.89. The molecule has 0 aromatic carbocycles. The van der Waals surface area contributed by atoms with Gasteiger partial charge in [0.25, 0.3) is 0 Å². The van der Waals surface area contributed by atoms with Gasteiger partial charge in [-0.1, -0.05) is 6.42 Å². The molecule has 2 nitrogen and oxygen atoms in total. The summed E-state index contributed by atoms with van der Waals surface area (Å²) in [7, 11) is 0. The predicted octanol–water partition coefficient (Wildman–Crippen LogP) is 1.10. The molecular weight excluding hydrogens is 136 g/mol. The van der Waals surface area contributed by atoms with Crippen LogP contribution in [0.2, 0.25) is 0 Å². The molecule has 0 aliphatic heterocycles. The van der Waals surface area contributed by atoms with E-state index in [0.29, 0.717) is 6.04 Å². The standard InChI is InChI=1S/C9H20N2/c1-7(11)9-4-2-3-8(5-9)6-10/h7-9H,2-6,10-11H2,1H3/t7?,8-,9+/m0/s1. The van der Waals surface area contributed by atoms with Crippen molar-refractivity contribution >= 4 is 0 Å². The van der Waals surface area contributed by atoms with Crippen molar-refractivity contribution in [3.05, 3.63) is 0 Å². The minimum atomic E-state index is 0.365. The van der Waals surface area contributed by atoms with E-state index in [1.54, 1.807) is 0 Å². The Morgan fingerprint density at radius 1 is 1.45 bits per heavy atom. The molecule has 0 radical (unpaired) electrons. The Bertz CT molecular complexity index is 112. The molecule has 0 saturated heterocycles. The first kappa shape index (κ1) is 9.01. The fraction of sp³-hybridized carbons (Fsp3) is 1.00. The molecule has 0 heterocycles. The lowest BCUT2D eigenvalue weighted by atomic mass is 9.78. The van der Waals surface area contributed by atoms with Crippen molar-refractivity contribution in [3.8, 4) is 0 Å². The van der Waals surface area contributed by atoms with Gasteiger partial charge in [0.1, 0.15) is 0 Å². The average Bonchev–Trinajstić information content (AvgIpc) is 2.05. The zero-order valence-electron chi connectivity index (χ0n) is 7.42. The third kappa shape index (κ3) is 2.46. The molecule has 1 aliphatic rings. The van der Waals surface area contributed by atoms with E-state index in [-0.39, 0.29) is 0 Å². The highest BCUT2D eigenvalue weighted by molar-refractivity contribution is 4.78. The molecular formula is C9H20N2. The molecule has 0 spiro atoms. The van der Waals surface area contributed by atoms with E-state index in [9.17, 15) is 0 Å². The van der Waals surface area contributed by atoms with E-state index in [1.165, 1.54) is 25.7 Å². The molecule has 11 heavy (non-hydrogen) atoms. The zero-order valence-corrected chi connectivity index (χ0v) is 7.42. The Morgan fingerprint density at radius 2 is 2.18 bits per heavy atom. The zero-order chi connectivity index (χ0) is 8.27. The first-order valence-electron chi connectivity index (χ1n) is 4.69. The summed E-state index contributed by atoms with van der Waals surface area (Å²) in [6, 6.07) is 0.365. The summed E-state index contributed by atoms with van der Waals surface area (Å²) < 4.78 is 0. The smallest absolute Gasteiger partial charge is 0.00388 e. The summed E-state index contributed by atoms with van der Waals surface area (Å²) >= 11 is 0. The van der Waals surface area contributed by atoms with Gasteiger partial charge in [-0.25, -0.2) is 0 Å². The molecule has 2 heteroatoms. The fourth-order valence-corrected chi connectivity index (χ4v) is 2.02. The summed E-state index contributed by atoms with van der Waals surface area (Å²) in [5.41, 5.74) is 11.5. The van der Waals surface area contributed by atoms with Crippen molar-refractivity contribution in [1.29, 1.82) is 0 Å². The maximum Gasteiger partial charge on any atom is 0.00388 e. The van der Waals surface area contributed by atoms with Gasteiger partial charge in [0, 0.05) is 6.04 Å². The molecule has 1 fully saturated rings. The summed E-state index contributed by atoms with van der Waals surface area (Å²) in [5.74, 6) is 1.48. The van der Waals surface area contributed by atoms with E-state index < -0.39 is 0 Å². The Morgan fingerprint density at radius 3 is 2.73 bits per heavy atom. The minimum Gasteiger partial charge on any atom is -0.330 e. The van der Waals surface area contributed by atoms with Gasteiger partial charge in [0.15, 0.2) is 0 Å². The molecule has 0 aromatic heterocycles. The third-order valence-corrected chi connectivity index (χ3v) is 2.90. The van der Waals surface area contributed by atoms with Crippen molar-refractivity contribution < 1.29 is 0 Å². The quantitative estimate of drug-likeness (QED) is 0.629. The van der Waals surface area contributed by atoms with Crippen LogP contribution in [0, 0.1) is 11.8 Å². The number of hydrogen-bond donors (Lipinski definition) is 2. The number of nitrogens with two attached hydrogens (primary N) is 2. The lowest BCUT2D eigenvalue weighted by Crippen LogP contribution is -2.33. The van der Waals surface area contributed by atoms with Crippen molar-refractivity contribution in [3.63, 3.8) is 0 Å². The van der Waals surface area contributed by atoms with Crippen molar-refractivity contribution in [2.75, 3.05) is 6.54 Å². The fourth-order valence-electron chi connectivity index (χ4n) is 2.02. The van der Waals surface area contributed by atoms with Crippen LogP contribution in [0.1, 0.15) is 32.6 Å². The topological polar surface area (TPSA) is 52.0 Å². The first-order chi connectivity index (χ1) is 5.24. The number of hydrogen-bond acceptors (Lipinski definition) is 2. The molecule has 3 atom stereocenters.